The maximum atomic E-state index is 12.5. The van der Waals surface area contributed by atoms with Crippen molar-refractivity contribution in [3.8, 4) is 11.5 Å². The van der Waals surface area contributed by atoms with Crippen LogP contribution in [0, 0.1) is 5.92 Å². The highest BCUT2D eigenvalue weighted by molar-refractivity contribution is 6.31. The van der Waals surface area contributed by atoms with Crippen LogP contribution in [0.3, 0.4) is 0 Å². The molecule has 2 aromatic rings. The maximum Gasteiger partial charge on any atom is 0.262 e. The summed E-state index contributed by atoms with van der Waals surface area (Å²) in [4.78, 5) is 24.9. The van der Waals surface area contributed by atoms with Crippen molar-refractivity contribution in [1.29, 1.82) is 0 Å². The van der Waals surface area contributed by atoms with Gasteiger partial charge in [-0.05, 0) is 47.9 Å². The van der Waals surface area contributed by atoms with Gasteiger partial charge in [0.1, 0.15) is 6.04 Å². The molecule has 0 saturated heterocycles. The number of benzene rings is 2. The smallest absolute Gasteiger partial charge is 0.262 e. The van der Waals surface area contributed by atoms with Gasteiger partial charge in [-0.25, -0.2) is 5.43 Å². The molecule has 0 aromatic heterocycles. The minimum atomic E-state index is -0.750. The largest absolute Gasteiger partial charge is 0.454 e. The molecule has 7 nitrogen and oxygen atoms in total. The number of rotatable bonds is 6. The Bertz CT molecular complexity index is 914. The van der Waals surface area contributed by atoms with Crippen molar-refractivity contribution >= 4 is 29.6 Å². The van der Waals surface area contributed by atoms with Crippen LogP contribution in [0.15, 0.2) is 47.6 Å². The van der Waals surface area contributed by atoms with Crippen LogP contribution < -0.4 is 20.2 Å². The summed E-state index contributed by atoms with van der Waals surface area (Å²) in [7, 11) is 0. The van der Waals surface area contributed by atoms with Gasteiger partial charge in [0.05, 0.1) is 6.21 Å². The zero-order valence-corrected chi connectivity index (χ0v) is 16.2. The average molecular weight is 402 g/mol. The summed E-state index contributed by atoms with van der Waals surface area (Å²) in [5.41, 5.74) is 3.59. The SMILES string of the molecule is CC(C)C(NC(=O)c1cccc(Cl)c1)C(=O)NN=Cc1ccc2c(c1)OCO2. The van der Waals surface area contributed by atoms with Crippen molar-refractivity contribution in [3.05, 3.63) is 58.6 Å². The standard InChI is InChI=1S/C20H20ClN3O4/c1-12(2)18(23-19(25)14-4-3-5-15(21)9-14)20(26)24-22-10-13-6-7-16-17(8-13)28-11-27-16/h3-10,12,18H,11H2,1-2H3,(H,23,25)(H,24,26). The molecule has 1 aliphatic heterocycles. The molecule has 1 aliphatic rings. The first-order valence-corrected chi connectivity index (χ1v) is 9.11. The highest BCUT2D eigenvalue weighted by Gasteiger charge is 2.24. The Morgan fingerprint density at radius 2 is 1.93 bits per heavy atom. The van der Waals surface area contributed by atoms with Gasteiger partial charge in [-0.1, -0.05) is 31.5 Å². The first-order valence-electron chi connectivity index (χ1n) is 8.73. The van der Waals surface area contributed by atoms with Crippen molar-refractivity contribution in [1.82, 2.24) is 10.7 Å². The van der Waals surface area contributed by atoms with E-state index in [1.165, 1.54) is 6.21 Å². The number of hydrogen-bond acceptors (Lipinski definition) is 5. The first kappa shape index (κ1) is 19.7. The van der Waals surface area contributed by atoms with Crippen molar-refractivity contribution in [3.63, 3.8) is 0 Å². The summed E-state index contributed by atoms with van der Waals surface area (Å²) < 4.78 is 10.6. The number of ether oxygens (including phenoxy) is 2. The lowest BCUT2D eigenvalue weighted by Gasteiger charge is -2.20. The fraction of sp³-hybridized carbons (Fsp3) is 0.250. The molecule has 1 heterocycles. The zero-order chi connectivity index (χ0) is 20.1. The van der Waals surface area contributed by atoms with E-state index in [0.717, 1.165) is 5.56 Å². The van der Waals surface area contributed by atoms with Gasteiger partial charge in [0.2, 0.25) is 6.79 Å². The van der Waals surface area contributed by atoms with E-state index in [1.807, 2.05) is 13.8 Å². The molecule has 0 saturated carbocycles. The highest BCUT2D eigenvalue weighted by Crippen LogP contribution is 2.31. The third-order valence-corrected chi connectivity index (χ3v) is 4.34. The van der Waals surface area contributed by atoms with Crippen LogP contribution >= 0.6 is 11.6 Å². The van der Waals surface area contributed by atoms with Gasteiger partial charge in [-0.3, -0.25) is 9.59 Å². The highest BCUT2D eigenvalue weighted by atomic mass is 35.5. The second-order valence-electron chi connectivity index (χ2n) is 6.55. The van der Waals surface area contributed by atoms with Crippen LogP contribution in [-0.2, 0) is 4.79 Å². The lowest BCUT2D eigenvalue weighted by atomic mass is 10.0. The second-order valence-corrected chi connectivity index (χ2v) is 6.99. The molecule has 0 fully saturated rings. The molecule has 2 amide bonds. The van der Waals surface area contributed by atoms with E-state index in [1.54, 1.807) is 42.5 Å². The Hall–Kier alpha value is -3.06. The van der Waals surface area contributed by atoms with Crippen molar-refractivity contribution in [2.75, 3.05) is 6.79 Å². The molecule has 146 valence electrons. The van der Waals surface area contributed by atoms with Gasteiger partial charge in [0.15, 0.2) is 11.5 Å². The Labute approximate surface area is 167 Å². The third-order valence-electron chi connectivity index (χ3n) is 4.11. The minimum absolute atomic E-state index is 0.135. The van der Waals surface area contributed by atoms with Crippen LogP contribution in [0.5, 0.6) is 11.5 Å². The summed E-state index contributed by atoms with van der Waals surface area (Å²) in [6.45, 7) is 3.86. The number of nitrogens with zero attached hydrogens (tertiary/aromatic N) is 1. The molecule has 2 aromatic carbocycles. The molecule has 3 rings (SSSR count). The summed E-state index contributed by atoms with van der Waals surface area (Å²) in [5, 5.41) is 7.14. The summed E-state index contributed by atoms with van der Waals surface area (Å²) in [6.07, 6.45) is 1.50. The predicted molar refractivity (Wildman–Crippen MR) is 106 cm³/mol. The van der Waals surface area contributed by atoms with Crippen LogP contribution in [0.25, 0.3) is 0 Å². The Morgan fingerprint density at radius 3 is 2.68 bits per heavy atom. The lowest BCUT2D eigenvalue weighted by Crippen LogP contribution is -2.48. The molecular formula is C20H20ClN3O4. The van der Waals surface area contributed by atoms with Gasteiger partial charge in [-0.2, -0.15) is 5.10 Å². The topological polar surface area (TPSA) is 89.0 Å². The monoisotopic (exact) mass is 401 g/mol. The number of hydrogen-bond donors (Lipinski definition) is 2. The first-order chi connectivity index (χ1) is 13.4. The molecule has 0 aliphatic carbocycles. The zero-order valence-electron chi connectivity index (χ0n) is 15.4. The lowest BCUT2D eigenvalue weighted by molar-refractivity contribution is -0.123. The van der Waals surface area contributed by atoms with Crippen molar-refractivity contribution in [2.45, 2.75) is 19.9 Å². The number of fused-ring (bicyclic) bond motifs is 1. The summed E-state index contributed by atoms with van der Waals surface area (Å²) in [6, 6.07) is 11.1. The molecule has 1 atom stereocenters. The molecule has 8 heteroatoms. The third kappa shape index (κ3) is 4.80. The normalized spacial score (nSPS) is 13.6. The van der Waals surface area contributed by atoms with Gasteiger partial charge in [-0.15, -0.1) is 0 Å². The van der Waals surface area contributed by atoms with Gasteiger partial charge >= 0.3 is 0 Å². The molecule has 28 heavy (non-hydrogen) atoms. The van der Waals surface area contributed by atoms with E-state index in [0.29, 0.717) is 22.1 Å². The number of amides is 2. The number of hydrazone groups is 1. The molecule has 1 unspecified atom stereocenters. The number of carbonyl (C=O) groups excluding carboxylic acids is 2. The minimum Gasteiger partial charge on any atom is -0.454 e. The number of nitrogens with one attached hydrogen (secondary N) is 2. The molecular weight excluding hydrogens is 382 g/mol. The van der Waals surface area contributed by atoms with Crippen molar-refractivity contribution in [2.24, 2.45) is 11.0 Å². The van der Waals surface area contributed by atoms with E-state index in [9.17, 15) is 9.59 Å². The number of carbonyl (C=O) groups is 2. The van der Waals surface area contributed by atoms with Gasteiger partial charge < -0.3 is 14.8 Å². The summed E-state index contributed by atoms with van der Waals surface area (Å²) in [5.74, 6) is 0.372. The van der Waals surface area contributed by atoms with E-state index in [-0.39, 0.29) is 18.6 Å². The van der Waals surface area contributed by atoms with Crippen LogP contribution in [0.4, 0.5) is 0 Å². The quantitative estimate of drug-likeness (QED) is 0.575. The van der Waals surface area contributed by atoms with E-state index >= 15 is 0 Å². The molecule has 0 radical (unpaired) electrons. The van der Waals surface area contributed by atoms with E-state index < -0.39 is 11.9 Å². The van der Waals surface area contributed by atoms with Crippen LogP contribution in [0.2, 0.25) is 5.02 Å². The molecule has 2 N–H and O–H groups in total. The van der Waals surface area contributed by atoms with Crippen molar-refractivity contribution < 1.29 is 19.1 Å². The molecule has 0 bridgehead atoms. The van der Waals surface area contributed by atoms with E-state index in [4.69, 9.17) is 21.1 Å². The van der Waals surface area contributed by atoms with Crippen LogP contribution in [0.1, 0.15) is 29.8 Å². The fourth-order valence-electron chi connectivity index (χ4n) is 2.62. The Kier molecular flexibility index (Phi) is 6.16. The van der Waals surface area contributed by atoms with E-state index in [2.05, 4.69) is 15.8 Å². The predicted octanol–water partition coefficient (Wildman–Crippen LogP) is 2.97. The average Bonchev–Trinajstić information content (AvgIpc) is 3.13. The second kappa shape index (κ2) is 8.75. The Morgan fingerprint density at radius 1 is 1.14 bits per heavy atom. The summed E-state index contributed by atoms with van der Waals surface area (Å²) >= 11 is 5.92. The van der Waals surface area contributed by atoms with Crippen LogP contribution in [-0.4, -0.2) is 30.9 Å². The van der Waals surface area contributed by atoms with Gasteiger partial charge in [0, 0.05) is 10.6 Å². The number of halogens is 1. The van der Waals surface area contributed by atoms with Gasteiger partial charge in [0.25, 0.3) is 11.8 Å². The molecule has 0 spiro atoms. The Balaban J connectivity index is 1.62. The maximum absolute atomic E-state index is 12.5. The fourth-order valence-corrected chi connectivity index (χ4v) is 2.81.